The van der Waals surface area contributed by atoms with Gasteiger partial charge in [-0.05, 0) is 61.9 Å². The van der Waals surface area contributed by atoms with E-state index in [0.717, 1.165) is 18.4 Å². The number of hydrogen-bond donors (Lipinski definition) is 1. The number of piperidine rings is 1. The number of halogens is 1. The molecule has 2 atom stereocenters. The normalized spacial score (nSPS) is 24.9. The smallest absolute Gasteiger partial charge is 0.0207 e. The van der Waals surface area contributed by atoms with Crippen molar-refractivity contribution in [1.82, 2.24) is 5.32 Å². The van der Waals surface area contributed by atoms with E-state index in [0.29, 0.717) is 0 Å². The molecule has 0 spiro atoms. The molecule has 1 heterocycles. The third-order valence-electron chi connectivity index (χ3n) is 3.89. The molecule has 2 rings (SSSR count). The van der Waals surface area contributed by atoms with Gasteiger partial charge >= 0.3 is 0 Å². The van der Waals surface area contributed by atoms with Crippen LogP contribution >= 0.6 is 15.9 Å². The standard InChI is InChI=1S/C15H22BrN/c1-3-4-13-10-17-8-7-14(13)12-6-5-11(2)15(16)9-12/h5-6,9,13-14,17H,3-4,7-8,10H2,1-2H3. The molecule has 0 amide bonds. The van der Waals surface area contributed by atoms with E-state index < -0.39 is 0 Å². The van der Waals surface area contributed by atoms with Crippen LogP contribution in [0.3, 0.4) is 0 Å². The van der Waals surface area contributed by atoms with Crippen LogP contribution in [0.4, 0.5) is 0 Å². The summed E-state index contributed by atoms with van der Waals surface area (Å²) in [6, 6.07) is 6.89. The Morgan fingerprint density at radius 3 is 2.94 bits per heavy atom. The Morgan fingerprint density at radius 1 is 1.41 bits per heavy atom. The summed E-state index contributed by atoms with van der Waals surface area (Å²) in [6.45, 7) is 6.79. The van der Waals surface area contributed by atoms with Crippen LogP contribution in [0.15, 0.2) is 22.7 Å². The first-order valence-corrected chi connectivity index (χ1v) is 7.48. The van der Waals surface area contributed by atoms with Crippen LogP contribution in [0.5, 0.6) is 0 Å². The number of nitrogens with one attached hydrogen (secondary N) is 1. The lowest BCUT2D eigenvalue weighted by atomic mass is 9.79. The van der Waals surface area contributed by atoms with E-state index in [1.165, 1.54) is 41.4 Å². The molecule has 0 radical (unpaired) electrons. The van der Waals surface area contributed by atoms with E-state index in [1.54, 1.807) is 0 Å². The molecule has 2 heteroatoms. The number of hydrogen-bond acceptors (Lipinski definition) is 1. The van der Waals surface area contributed by atoms with Gasteiger partial charge in [0.15, 0.2) is 0 Å². The summed E-state index contributed by atoms with van der Waals surface area (Å²) in [5, 5.41) is 3.53. The predicted molar refractivity (Wildman–Crippen MR) is 77.5 cm³/mol. The van der Waals surface area contributed by atoms with E-state index in [9.17, 15) is 0 Å². The Morgan fingerprint density at radius 2 is 2.24 bits per heavy atom. The molecule has 1 aliphatic rings. The molecule has 1 saturated heterocycles. The van der Waals surface area contributed by atoms with Gasteiger partial charge in [0.1, 0.15) is 0 Å². The van der Waals surface area contributed by atoms with Crippen molar-refractivity contribution in [3.8, 4) is 0 Å². The molecule has 0 aromatic heterocycles. The predicted octanol–water partition coefficient (Wildman–Crippen LogP) is 4.25. The second kappa shape index (κ2) is 6.01. The molecular weight excluding hydrogens is 274 g/mol. The quantitative estimate of drug-likeness (QED) is 0.879. The summed E-state index contributed by atoms with van der Waals surface area (Å²) in [4.78, 5) is 0. The molecule has 1 fully saturated rings. The molecule has 1 aliphatic heterocycles. The highest BCUT2D eigenvalue weighted by Crippen LogP contribution is 2.34. The van der Waals surface area contributed by atoms with Crippen molar-refractivity contribution in [3.63, 3.8) is 0 Å². The maximum Gasteiger partial charge on any atom is 0.0207 e. The molecule has 1 N–H and O–H groups in total. The first-order chi connectivity index (χ1) is 8.22. The number of benzene rings is 1. The lowest BCUT2D eigenvalue weighted by molar-refractivity contribution is 0.306. The van der Waals surface area contributed by atoms with E-state index >= 15 is 0 Å². The molecule has 0 bridgehead atoms. The number of aryl methyl sites for hydroxylation is 1. The fourth-order valence-corrected chi connectivity index (χ4v) is 3.27. The van der Waals surface area contributed by atoms with E-state index in [1.807, 2.05) is 0 Å². The van der Waals surface area contributed by atoms with Crippen molar-refractivity contribution in [2.75, 3.05) is 13.1 Å². The molecule has 2 unspecified atom stereocenters. The van der Waals surface area contributed by atoms with Crippen molar-refractivity contribution in [2.24, 2.45) is 5.92 Å². The van der Waals surface area contributed by atoms with Crippen molar-refractivity contribution >= 4 is 15.9 Å². The van der Waals surface area contributed by atoms with Gasteiger partial charge in [0, 0.05) is 4.47 Å². The van der Waals surface area contributed by atoms with Crippen molar-refractivity contribution in [2.45, 2.75) is 39.0 Å². The topological polar surface area (TPSA) is 12.0 Å². The number of rotatable bonds is 3. The first-order valence-electron chi connectivity index (χ1n) is 6.69. The highest BCUT2D eigenvalue weighted by atomic mass is 79.9. The third-order valence-corrected chi connectivity index (χ3v) is 4.75. The van der Waals surface area contributed by atoms with Gasteiger partial charge in [-0.2, -0.15) is 0 Å². The minimum atomic E-state index is 0.744. The van der Waals surface area contributed by atoms with Crippen LogP contribution < -0.4 is 5.32 Å². The lowest BCUT2D eigenvalue weighted by Gasteiger charge is -2.32. The molecule has 1 nitrogen and oxygen atoms in total. The van der Waals surface area contributed by atoms with Crippen LogP contribution in [0.1, 0.15) is 43.2 Å². The van der Waals surface area contributed by atoms with Gasteiger partial charge in [-0.1, -0.05) is 41.4 Å². The zero-order chi connectivity index (χ0) is 12.3. The zero-order valence-corrected chi connectivity index (χ0v) is 12.4. The Balaban J connectivity index is 2.20. The fraction of sp³-hybridized carbons (Fsp3) is 0.600. The SMILES string of the molecule is CCCC1CNCCC1c1ccc(C)c(Br)c1. The summed E-state index contributed by atoms with van der Waals surface area (Å²) in [5.74, 6) is 1.55. The molecular formula is C15H22BrN. The second-order valence-electron chi connectivity index (χ2n) is 5.16. The summed E-state index contributed by atoms with van der Waals surface area (Å²) in [5.41, 5.74) is 2.84. The van der Waals surface area contributed by atoms with Crippen LogP contribution in [0, 0.1) is 12.8 Å². The van der Waals surface area contributed by atoms with Crippen molar-refractivity contribution in [3.05, 3.63) is 33.8 Å². The maximum absolute atomic E-state index is 3.66. The third kappa shape index (κ3) is 3.11. The Labute approximate surface area is 113 Å². The average Bonchev–Trinajstić information content (AvgIpc) is 2.34. The Hall–Kier alpha value is -0.340. The maximum atomic E-state index is 3.66. The fourth-order valence-electron chi connectivity index (χ4n) is 2.88. The largest absolute Gasteiger partial charge is 0.316 e. The molecule has 1 aromatic carbocycles. The van der Waals surface area contributed by atoms with Crippen LogP contribution in [-0.2, 0) is 0 Å². The van der Waals surface area contributed by atoms with E-state index in [-0.39, 0.29) is 0 Å². The molecule has 0 saturated carbocycles. The summed E-state index contributed by atoms with van der Waals surface area (Å²) in [7, 11) is 0. The Kier molecular flexibility index (Phi) is 4.63. The van der Waals surface area contributed by atoms with E-state index in [2.05, 4.69) is 53.3 Å². The minimum absolute atomic E-state index is 0.744. The highest BCUT2D eigenvalue weighted by Gasteiger charge is 2.25. The average molecular weight is 296 g/mol. The first kappa shape index (κ1) is 13.1. The molecule has 1 aromatic rings. The molecule has 94 valence electrons. The zero-order valence-electron chi connectivity index (χ0n) is 10.8. The monoisotopic (exact) mass is 295 g/mol. The van der Waals surface area contributed by atoms with Crippen LogP contribution in [0.25, 0.3) is 0 Å². The summed E-state index contributed by atoms with van der Waals surface area (Å²) in [6.07, 6.45) is 3.90. The van der Waals surface area contributed by atoms with Crippen LogP contribution in [0.2, 0.25) is 0 Å². The molecule has 0 aliphatic carbocycles. The van der Waals surface area contributed by atoms with Crippen molar-refractivity contribution < 1.29 is 0 Å². The van der Waals surface area contributed by atoms with Gasteiger partial charge in [0.05, 0.1) is 0 Å². The summed E-state index contributed by atoms with van der Waals surface area (Å²) < 4.78 is 1.25. The van der Waals surface area contributed by atoms with Gasteiger partial charge in [0.25, 0.3) is 0 Å². The summed E-state index contributed by atoms with van der Waals surface area (Å²) >= 11 is 3.66. The van der Waals surface area contributed by atoms with Gasteiger partial charge in [-0.3, -0.25) is 0 Å². The van der Waals surface area contributed by atoms with Crippen molar-refractivity contribution in [1.29, 1.82) is 0 Å². The van der Waals surface area contributed by atoms with Crippen LogP contribution in [-0.4, -0.2) is 13.1 Å². The van der Waals surface area contributed by atoms with Gasteiger partial charge < -0.3 is 5.32 Å². The van der Waals surface area contributed by atoms with Gasteiger partial charge in [0.2, 0.25) is 0 Å². The van der Waals surface area contributed by atoms with Gasteiger partial charge in [-0.15, -0.1) is 0 Å². The molecule has 17 heavy (non-hydrogen) atoms. The second-order valence-corrected chi connectivity index (χ2v) is 6.01. The minimum Gasteiger partial charge on any atom is -0.316 e. The van der Waals surface area contributed by atoms with E-state index in [4.69, 9.17) is 0 Å². The lowest BCUT2D eigenvalue weighted by Crippen LogP contribution is -2.35. The highest BCUT2D eigenvalue weighted by molar-refractivity contribution is 9.10. The van der Waals surface area contributed by atoms with Gasteiger partial charge in [-0.25, -0.2) is 0 Å². The Bertz CT molecular complexity index is 373.